The number of benzene rings is 2. The standard InChI is InChI=1S/C26H29N5O3/c1-17-7-8-18(2)23(13-17)29-9-11-30(12-10-29)26(33)21-15-24(32)31(16-21)22-6-4-5-20(14-22)25-27-19(3)34-28-25/h4-8,13-14,21H,9-12,15-16H2,1-3H3. The van der Waals surface area contributed by atoms with Crippen LogP contribution in [0.3, 0.4) is 0 Å². The van der Waals surface area contributed by atoms with Crippen molar-refractivity contribution in [2.75, 3.05) is 42.5 Å². The first kappa shape index (κ1) is 22.1. The summed E-state index contributed by atoms with van der Waals surface area (Å²) in [5.74, 6) is 0.687. The summed E-state index contributed by atoms with van der Waals surface area (Å²) in [6, 6.07) is 14.0. The van der Waals surface area contributed by atoms with Gasteiger partial charge in [-0.25, -0.2) is 0 Å². The van der Waals surface area contributed by atoms with Crippen molar-refractivity contribution < 1.29 is 14.1 Å². The molecule has 3 aromatic rings. The maximum atomic E-state index is 13.3. The second-order valence-corrected chi connectivity index (χ2v) is 9.19. The monoisotopic (exact) mass is 459 g/mol. The van der Waals surface area contributed by atoms with Crippen LogP contribution in [0.2, 0.25) is 0 Å². The zero-order valence-electron chi connectivity index (χ0n) is 19.8. The second kappa shape index (κ2) is 8.93. The maximum absolute atomic E-state index is 13.3. The van der Waals surface area contributed by atoms with E-state index in [-0.39, 0.29) is 24.2 Å². The summed E-state index contributed by atoms with van der Waals surface area (Å²) in [6.45, 7) is 9.29. The van der Waals surface area contributed by atoms with E-state index in [1.165, 1.54) is 16.8 Å². The van der Waals surface area contributed by atoms with Gasteiger partial charge in [0.25, 0.3) is 0 Å². The summed E-state index contributed by atoms with van der Waals surface area (Å²) >= 11 is 0. The van der Waals surface area contributed by atoms with Gasteiger partial charge in [0.1, 0.15) is 0 Å². The Morgan fingerprint density at radius 1 is 1.03 bits per heavy atom. The van der Waals surface area contributed by atoms with Crippen LogP contribution in [0.1, 0.15) is 23.4 Å². The lowest BCUT2D eigenvalue weighted by atomic mass is 10.1. The van der Waals surface area contributed by atoms with Gasteiger partial charge in [0, 0.05) is 63.0 Å². The van der Waals surface area contributed by atoms with Crippen LogP contribution < -0.4 is 9.80 Å². The summed E-state index contributed by atoms with van der Waals surface area (Å²) in [5, 5.41) is 3.96. The van der Waals surface area contributed by atoms with Crippen LogP contribution in [-0.4, -0.2) is 59.6 Å². The first-order chi connectivity index (χ1) is 16.4. The Hall–Kier alpha value is -3.68. The van der Waals surface area contributed by atoms with Crippen LogP contribution in [0, 0.1) is 26.7 Å². The van der Waals surface area contributed by atoms with Gasteiger partial charge in [-0.3, -0.25) is 9.59 Å². The smallest absolute Gasteiger partial charge is 0.228 e. The maximum Gasteiger partial charge on any atom is 0.228 e. The van der Waals surface area contributed by atoms with Crippen molar-refractivity contribution in [3.63, 3.8) is 0 Å². The van der Waals surface area contributed by atoms with Gasteiger partial charge in [-0.1, -0.05) is 29.4 Å². The van der Waals surface area contributed by atoms with E-state index in [0.29, 0.717) is 31.3 Å². The number of aryl methyl sites for hydroxylation is 3. The highest BCUT2D eigenvalue weighted by Crippen LogP contribution is 2.30. The number of hydrogen-bond donors (Lipinski definition) is 0. The zero-order valence-corrected chi connectivity index (χ0v) is 19.8. The summed E-state index contributed by atoms with van der Waals surface area (Å²) in [7, 11) is 0. The van der Waals surface area contributed by atoms with Crippen molar-refractivity contribution >= 4 is 23.2 Å². The molecule has 0 spiro atoms. The Morgan fingerprint density at radius 3 is 2.56 bits per heavy atom. The Balaban J connectivity index is 1.24. The summed E-state index contributed by atoms with van der Waals surface area (Å²) in [5.41, 5.74) is 5.26. The molecule has 8 heteroatoms. The van der Waals surface area contributed by atoms with Crippen molar-refractivity contribution in [3.05, 3.63) is 59.5 Å². The fourth-order valence-corrected chi connectivity index (χ4v) is 4.84. The molecule has 8 nitrogen and oxygen atoms in total. The number of anilines is 2. The van der Waals surface area contributed by atoms with Crippen molar-refractivity contribution in [2.24, 2.45) is 5.92 Å². The van der Waals surface area contributed by atoms with Crippen molar-refractivity contribution in [2.45, 2.75) is 27.2 Å². The summed E-state index contributed by atoms with van der Waals surface area (Å²) in [6.07, 6.45) is 0.238. The second-order valence-electron chi connectivity index (χ2n) is 9.19. The Kier molecular flexibility index (Phi) is 5.81. The van der Waals surface area contributed by atoms with Crippen LogP contribution in [0.25, 0.3) is 11.4 Å². The molecule has 0 aliphatic carbocycles. The number of piperazine rings is 1. The normalized spacial score (nSPS) is 18.6. The molecular formula is C26H29N5O3. The van der Waals surface area contributed by atoms with E-state index in [1.54, 1.807) is 11.8 Å². The molecule has 1 atom stereocenters. The van der Waals surface area contributed by atoms with E-state index in [1.807, 2.05) is 29.2 Å². The average Bonchev–Trinajstić information content (AvgIpc) is 3.46. The quantitative estimate of drug-likeness (QED) is 0.595. The molecule has 2 aliphatic rings. The van der Waals surface area contributed by atoms with Crippen LogP contribution in [0.4, 0.5) is 11.4 Å². The molecule has 2 amide bonds. The van der Waals surface area contributed by atoms with Crippen LogP contribution in [0.5, 0.6) is 0 Å². The average molecular weight is 460 g/mol. The van der Waals surface area contributed by atoms with Gasteiger partial charge in [-0.05, 0) is 43.2 Å². The fraction of sp³-hybridized carbons (Fsp3) is 0.385. The fourth-order valence-electron chi connectivity index (χ4n) is 4.84. The largest absolute Gasteiger partial charge is 0.368 e. The summed E-state index contributed by atoms with van der Waals surface area (Å²) in [4.78, 5) is 36.3. The Morgan fingerprint density at radius 2 is 1.82 bits per heavy atom. The number of aromatic nitrogens is 2. The number of carbonyl (C=O) groups excluding carboxylic acids is 2. The van der Waals surface area contributed by atoms with Crippen LogP contribution in [-0.2, 0) is 9.59 Å². The Labute approximate surface area is 199 Å². The lowest BCUT2D eigenvalue weighted by Crippen LogP contribution is -2.50. The van der Waals surface area contributed by atoms with E-state index in [2.05, 4.69) is 47.1 Å². The molecule has 5 rings (SSSR count). The number of hydrogen-bond acceptors (Lipinski definition) is 6. The molecule has 1 aromatic heterocycles. The predicted molar refractivity (Wildman–Crippen MR) is 130 cm³/mol. The molecule has 2 aromatic carbocycles. The van der Waals surface area contributed by atoms with E-state index in [4.69, 9.17) is 4.52 Å². The number of amides is 2. The van der Waals surface area contributed by atoms with Crippen LogP contribution >= 0.6 is 0 Å². The SMILES string of the molecule is Cc1ccc(C)c(N2CCN(C(=O)C3CC(=O)N(c4cccc(-c5noc(C)n5)c4)C3)CC2)c1. The molecule has 0 saturated carbocycles. The highest BCUT2D eigenvalue weighted by Gasteiger charge is 2.38. The molecule has 2 fully saturated rings. The van der Waals surface area contributed by atoms with Crippen molar-refractivity contribution in [1.82, 2.24) is 15.0 Å². The molecule has 3 heterocycles. The molecule has 176 valence electrons. The van der Waals surface area contributed by atoms with Gasteiger partial charge in [-0.2, -0.15) is 4.98 Å². The van der Waals surface area contributed by atoms with Gasteiger partial charge >= 0.3 is 0 Å². The molecule has 0 radical (unpaired) electrons. The topological polar surface area (TPSA) is 82.8 Å². The minimum Gasteiger partial charge on any atom is -0.368 e. The van der Waals surface area contributed by atoms with Gasteiger partial charge in [-0.15, -0.1) is 0 Å². The van der Waals surface area contributed by atoms with E-state index in [0.717, 1.165) is 24.3 Å². The van der Waals surface area contributed by atoms with Gasteiger partial charge in [0.15, 0.2) is 0 Å². The molecule has 1 unspecified atom stereocenters. The van der Waals surface area contributed by atoms with Gasteiger partial charge < -0.3 is 19.2 Å². The molecule has 0 N–H and O–H groups in total. The molecule has 0 bridgehead atoms. The minimum atomic E-state index is -0.323. The highest BCUT2D eigenvalue weighted by atomic mass is 16.5. The molecule has 2 aliphatic heterocycles. The highest BCUT2D eigenvalue weighted by molar-refractivity contribution is 6.00. The third-order valence-electron chi connectivity index (χ3n) is 6.71. The zero-order chi connectivity index (χ0) is 23.8. The van der Waals surface area contributed by atoms with Gasteiger partial charge in [0.2, 0.25) is 23.5 Å². The first-order valence-electron chi connectivity index (χ1n) is 11.7. The number of carbonyl (C=O) groups is 2. The number of rotatable bonds is 4. The van der Waals surface area contributed by atoms with E-state index < -0.39 is 0 Å². The predicted octanol–water partition coefficient (Wildman–Crippen LogP) is 3.36. The van der Waals surface area contributed by atoms with Crippen molar-refractivity contribution in [3.8, 4) is 11.4 Å². The molecule has 34 heavy (non-hydrogen) atoms. The minimum absolute atomic E-state index is 0.0335. The molecule has 2 saturated heterocycles. The third-order valence-corrected chi connectivity index (χ3v) is 6.71. The van der Waals surface area contributed by atoms with E-state index >= 15 is 0 Å². The lowest BCUT2D eigenvalue weighted by molar-refractivity contribution is -0.136. The number of nitrogens with zero attached hydrogens (tertiary/aromatic N) is 5. The Bertz CT molecular complexity index is 1230. The molecular weight excluding hydrogens is 430 g/mol. The van der Waals surface area contributed by atoms with Crippen molar-refractivity contribution in [1.29, 1.82) is 0 Å². The van der Waals surface area contributed by atoms with E-state index in [9.17, 15) is 9.59 Å². The lowest BCUT2D eigenvalue weighted by Gasteiger charge is -2.37. The third kappa shape index (κ3) is 4.27. The van der Waals surface area contributed by atoms with Crippen LogP contribution in [0.15, 0.2) is 47.0 Å². The first-order valence-corrected chi connectivity index (χ1v) is 11.7. The van der Waals surface area contributed by atoms with Gasteiger partial charge in [0.05, 0.1) is 5.92 Å². The summed E-state index contributed by atoms with van der Waals surface area (Å²) < 4.78 is 5.07.